The Morgan fingerprint density at radius 1 is 1.23 bits per heavy atom. The Kier molecular flexibility index (Phi) is 2.42. The number of aromatic nitrogens is 1. The summed E-state index contributed by atoms with van der Waals surface area (Å²) in [6.45, 7) is 4.63. The van der Waals surface area contributed by atoms with Crippen molar-refractivity contribution in [2.75, 3.05) is 0 Å². The van der Waals surface area contributed by atoms with Crippen LogP contribution in [-0.4, -0.2) is 16.7 Å². The quantitative estimate of drug-likeness (QED) is 0.751. The molecule has 4 fully saturated rings. The third-order valence-corrected chi connectivity index (χ3v) is 7.50. The van der Waals surface area contributed by atoms with Crippen LogP contribution in [0.5, 0.6) is 0 Å². The summed E-state index contributed by atoms with van der Waals surface area (Å²) >= 11 is 0. The molecule has 0 amide bonds. The molecule has 0 aromatic carbocycles. The highest BCUT2D eigenvalue weighted by Crippen LogP contribution is 2.85. The molecule has 2 unspecified atom stereocenters. The molecule has 22 heavy (non-hydrogen) atoms. The van der Waals surface area contributed by atoms with Crippen LogP contribution in [0, 0.1) is 28.6 Å². The summed E-state index contributed by atoms with van der Waals surface area (Å²) < 4.78 is 0. The fourth-order valence-electron chi connectivity index (χ4n) is 7.11. The number of hydrogen-bond donors (Lipinski definition) is 0. The molecule has 1 aromatic rings. The van der Waals surface area contributed by atoms with Crippen LogP contribution in [0.3, 0.4) is 0 Å². The van der Waals surface area contributed by atoms with Crippen molar-refractivity contribution in [2.24, 2.45) is 33.6 Å². The zero-order chi connectivity index (χ0) is 15.0. The van der Waals surface area contributed by atoms with Crippen LogP contribution < -0.4 is 0 Å². The maximum absolute atomic E-state index is 4.92. The van der Waals surface area contributed by atoms with E-state index in [0.717, 1.165) is 28.9 Å². The first-order valence-electron chi connectivity index (χ1n) is 8.98. The lowest BCUT2D eigenvalue weighted by atomic mass is 9.38. The summed E-state index contributed by atoms with van der Waals surface area (Å²) in [5.74, 6) is 3.29. The van der Waals surface area contributed by atoms with Crippen molar-refractivity contribution in [3.63, 3.8) is 0 Å². The van der Waals surface area contributed by atoms with Gasteiger partial charge in [-0.15, -0.1) is 0 Å². The molecule has 4 aliphatic rings. The smallest absolute Gasteiger partial charge is 0.0808 e. The molecule has 116 valence electrons. The van der Waals surface area contributed by atoms with Gasteiger partial charge in [0.15, 0.2) is 0 Å². The van der Waals surface area contributed by atoms with E-state index in [9.17, 15) is 0 Å². The average Bonchev–Trinajstić information content (AvgIpc) is 2.92. The van der Waals surface area contributed by atoms with Crippen molar-refractivity contribution in [2.45, 2.75) is 57.9 Å². The van der Waals surface area contributed by atoms with Gasteiger partial charge in [-0.25, -0.2) is 0 Å². The van der Waals surface area contributed by atoms with Crippen LogP contribution in [0.1, 0.15) is 58.1 Å². The predicted molar refractivity (Wildman–Crippen MR) is 88.9 cm³/mol. The van der Waals surface area contributed by atoms with E-state index in [-0.39, 0.29) is 5.54 Å². The molecule has 2 atom stereocenters. The van der Waals surface area contributed by atoms with Crippen molar-refractivity contribution in [1.29, 1.82) is 0 Å². The Balaban J connectivity index is 1.34. The zero-order valence-corrected chi connectivity index (χ0v) is 13.8. The summed E-state index contributed by atoms with van der Waals surface area (Å²) in [5, 5.41) is 0. The van der Waals surface area contributed by atoms with E-state index in [1.807, 2.05) is 30.6 Å². The third-order valence-electron chi connectivity index (χ3n) is 7.50. The molecule has 4 aliphatic carbocycles. The fraction of sp³-hybridized carbons (Fsp3) is 0.700. The minimum absolute atomic E-state index is 0.0389. The van der Waals surface area contributed by atoms with Gasteiger partial charge in [0.05, 0.1) is 11.2 Å². The van der Waals surface area contributed by atoms with Crippen LogP contribution in [0.4, 0.5) is 0 Å². The molecule has 0 N–H and O–H groups in total. The number of fused-ring (bicyclic) bond motifs is 1. The van der Waals surface area contributed by atoms with Gasteiger partial charge in [0.1, 0.15) is 0 Å². The second-order valence-corrected chi connectivity index (χ2v) is 9.26. The Bertz CT molecular complexity index is 614. The second kappa shape index (κ2) is 4.01. The third kappa shape index (κ3) is 1.62. The minimum atomic E-state index is 0.0389. The van der Waals surface area contributed by atoms with Crippen molar-refractivity contribution in [1.82, 2.24) is 4.98 Å². The van der Waals surface area contributed by atoms with Crippen molar-refractivity contribution < 1.29 is 0 Å². The molecule has 1 aromatic heterocycles. The molecule has 0 saturated heterocycles. The van der Waals surface area contributed by atoms with E-state index in [2.05, 4.69) is 18.8 Å². The molecule has 5 rings (SSSR count). The average molecular weight is 294 g/mol. The summed E-state index contributed by atoms with van der Waals surface area (Å²) in [7, 11) is 0. The molecule has 0 aliphatic heterocycles. The number of rotatable bonds is 4. The van der Waals surface area contributed by atoms with Crippen molar-refractivity contribution >= 4 is 6.21 Å². The van der Waals surface area contributed by atoms with Gasteiger partial charge < -0.3 is 0 Å². The highest BCUT2D eigenvalue weighted by atomic mass is 14.9. The maximum atomic E-state index is 4.92. The molecule has 4 saturated carbocycles. The number of nitrogens with zero attached hydrogens (tertiary/aromatic N) is 2. The summed E-state index contributed by atoms with van der Waals surface area (Å²) in [6, 6.07) is 6.02. The molecular formula is C20H26N2. The van der Waals surface area contributed by atoms with Crippen LogP contribution in [0.2, 0.25) is 0 Å². The Labute approximate surface area is 133 Å². The predicted octanol–water partition coefficient (Wildman–Crippen LogP) is 4.50. The second-order valence-electron chi connectivity index (χ2n) is 9.26. The summed E-state index contributed by atoms with van der Waals surface area (Å²) in [6.07, 6.45) is 12.7. The van der Waals surface area contributed by atoms with Gasteiger partial charge in [-0.3, -0.25) is 9.98 Å². The number of hydrogen-bond acceptors (Lipinski definition) is 2. The van der Waals surface area contributed by atoms with Crippen molar-refractivity contribution in [3.8, 4) is 0 Å². The molecule has 0 radical (unpaired) electrons. The number of aliphatic imine (C=N–C) groups is 1. The lowest BCUT2D eigenvalue weighted by Gasteiger charge is -2.66. The monoisotopic (exact) mass is 294 g/mol. The molecule has 2 bridgehead atoms. The topological polar surface area (TPSA) is 25.2 Å². The Morgan fingerprint density at radius 3 is 2.59 bits per heavy atom. The van der Waals surface area contributed by atoms with E-state index >= 15 is 0 Å². The van der Waals surface area contributed by atoms with E-state index in [1.54, 1.807) is 12.8 Å². The highest BCUT2D eigenvalue weighted by molar-refractivity contribution is 5.77. The molecule has 2 heteroatoms. The van der Waals surface area contributed by atoms with E-state index in [0.29, 0.717) is 5.41 Å². The Morgan fingerprint density at radius 2 is 2.00 bits per heavy atom. The van der Waals surface area contributed by atoms with E-state index < -0.39 is 0 Å². The highest BCUT2D eigenvalue weighted by Gasteiger charge is 2.77. The first-order chi connectivity index (χ1) is 10.5. The van der Waals surface area contributed by atoms with Crippen LogP contribution >= 0.6 is 0 Å². The van der Waals surface area contributed by atoms with Gasteiger partial charge in [-0.2, -0.15) is 0 Å². The van der Waals surface area contributed by atoms with Gasteiger partial charge in [0.2, 0.25) is 0 Å². The first-order valence-corrected chi connectivity index (χ1v) is 8.98. The van der Waals surface area contributed by atoms with E-state index in [1.165, 1.54) is 25.7 Å². The van der Waals surface area contributed by atoms with Crippen LogP contribution in [0.25, 0.3) is 0 Å². The normalized spacial score (nSPS) is 44.7. The van der Waals surface area contributed by atoms with Gasteiger partial charge >= 0.3 is 0 Å². The standard InChI is InChI=1S/C20H26N2/c1-18(2,22-11-17-5-3-4-6-21-17)12-19-9-15-7-14-8-16(10-19)20(14,15)13-19/h3-6,11,14-16H,7-10,12-13H2,1-2H3. The number of pyridine rings is 1. The van der Waals surface area contributed by atoms with Gasteiger partial charge in [-0.05, 0) is 93.1 Å². The SMILES string of the molecule is CC(C)(CC12CC3CC4CC(C1)C43C2)N=Cc1ccccn1. The van der Waals surface area contributed by atoms with Gasteiger partial charge in [0, 0.05) is 12.4 Å². The van der Waals surface area contributed by atoms with E-state index in [4.69, 9.17) is 4.99 Å². The zero-order valence-electron chi connectivity index (χ0n) is 13.8. The minimum Gasteiger partial charge on any atom is -0.285 e. The lowest BCUT2D eigenvalue weighted by Crippen LogP contribution is -2.59. The first kappa shape index (κ1) is 13.3. The van der Waals surface area contributed by atoms with Crippen molar-refractivity contribution in [3.05, 3.63) is 30.1 Å². The van der Waals surface area contributed by atoms with Gasteiger partial charge in [-0.1, -0.05) is 6.07 Å². The Hall–Kier alpha value is -1.18. The summed E-state index contributed by atoms with van der Waals surface area (Å²) in [5.41, 5.74) is 2.47. The molecule has 2 nitrogen and oxygen atoms in total. The largest absolute Gasteiger partial charge is 0.285 e. The maximum Gasteiger partial charge on any atom is 0.0808 e. The fourth-order valence-corrected chi connectivity index (χ4v) is 7.11. The molecular weight excluding hydrogens is 268 g/mol. The van der Waals surface area contributed by atoms with Crippen LogP contribution in [0.15, 0.2) is 29.4 Å². The molecule has 1 spiro atoms. The summed E-state index contributed by atoms with van der Waals surface area (Å²) in [4.78, 5) is 9.28. The molecule has 1 heterocycles. The van der Waals surface area contributed by atoms with Crippen LogP contribution in [-0.2, 0) is 0 Å². The lowest BCUT2D eigenvalue weighted by molar-refractivity contribution is -0.177. The van der Waals surface area contributed by atoms with Gasteiger partial charge in [0.25, 0.3) is 0 Å².